The van der Waals surface area contributed by atoms with Crippen molar-refractivity contribution in [3.63, 3.8) is 0 Å². The first-order chi connectivity index (χ1) is 10.5. The molecule has 0 N–H and O–H groups in total. The van der Waals surface area contributed by atoms with Crippen LogP contribution in [0.2, 0.25) is 0 Å². The molecule has 0 atom stereocenters. The van der Waals surface area contributed by atoms with Crippen LogP contribution in [-0.2, 0) is 6.42 Å². The molecule has 2 rings (SSSR count). The summed E-state index contributed by atoms with van der Waals surface area (Å²) in [5.74, 6) is 0.0764. The highest BCUT2D eigenvalue weighted by molar-refractivity contribution is 9.10. The molecular formula is C18H23BrN2O. The molecule has 0 radical (unpaired) electrons. The molecule has 0 unspecified atom stereocenters. The van der Waals surface area contributed by atoms with Crippen LogP contribution in [0.1, 0.15) is 42.4 Å². The van der Waals surface area contributed by atoms with Crippen molar-refractivity contribution >= 4 is 21.8 Å². The second kappa shape index (κ2) is 7.63. The number of amides is 1. The molecule has 1 aromatic heterocycles. The highest BCUT2D eigenvalue weighted by Crippen LogP contribution is 2.20. The van der Waals surface area contributed by atoms with Gasteiger partial charge < -0.3 is 9.47 Å². The van der Waals surface area contributed by atoms with Gasteiger partial charge in [-0.3, -0.25) is 4.79 Å². The van der Waals surface area contributed by atoms with Crippen LogP contribution in [-0.4, -0.2) is 29.0 Å². The fourth-order valence-corrected chi connectivity index (χ4v) is 2.94. The first kappa shape index (κ1) is 16.8. The second-order valence-corrected chi connectivity index (χ2v) is 6.78. The number of nitrogens with zero attached hydrogens (tertiary/aromatic N) is 2. The minimum absolute atomic E-state index is 0.0764. The predicted octanol–water partition coefficient (Wildman–Crippen LogP) is 4.54. The molecule has 2 aromatic rings. The number of halogens is 1. The van der Waals surface area contributed by atoms with E-state index in [0.717, 1.165) is 29.6 Å². The first-order valence-electron chi connectivity index (χ1n) is 7.66. The maximum absolute atomic E-state index is 12.6. The molecular weight excluding hydrogens is 340 g/mol. The van der Waals surface area contributed by atoms with Gasteiger partial charge in [-0.15, -0.1) is 0 Å². The van der Waals surface area contributed by atoms with Crippen molar-refractivity contribution in [1.29, 1.82) is 0 Å². The fourth-order valence-electron chi connectivity index (χ4n) is 2.51. The highest BCUT2D eigenvalue weighted by Gasteiger charge is 2.18. The summed E-state index contributed by atoms with van der Waals surface area (Å²) >= 11 is 3.46. The van der Waals surface area contributed by atoms with E-state index in [9.17, 15) is 4.79 Å². The molecule has 0 spiro atoms. The molecule has 0 saturated heterocycles. The van der Waals surface area contributed by atoms with E-state index >= 15 is 0 Å². The Morgan fingerprint density at radius 3 is 2.59 bits per heavy atom. The summed E-state index contributed by atoms with van der Waals surface area (Å²) in [6, 6.07) is 12.6. The minimum atomic E-state index is 0.0764. The fraction of sp³-hybridized carbons (Fsp3) is 0.389. The maximum atomic E-state index is 12.6. The van der Waals surface area contributed by atoms with E-state index < -0.39 is 0 Å². The monoisotopic (exact) mass is 362 g/mol. The van der Waals surface area contributed by atoms with Gasteiger partial charge in [-0.25, -0.2) is 0 Å². The number of aryl methyl sites for hydroxylation is 1. The van der Waals surface area contributed by atoms with E-state index in [0.29, 0.717) is 0 Å². The number of hydrogen-bond acceptors (Lipinski definition) is 1. The Labute approximate surface area is 141 Å². The molecule has 0 fully saturated rings. The largest absolute Gasteiger partial charge is 0.340 e. The molecule has 1 amide bonds. The van der Waals surface area contributed by atoms with Crippen molar-refractivity contribution in [3.8, 4) is 0 Å². The summed E-state index contributed by atoms with van der Waals surface area (Å²) in [6.45, 7) is 4.92. The third-order valence-corrected chi connectivity index (χ3v) is 4.17. The van der Waals surface area contributed by atoms with Gasteiger partial charge in [0, 0.05) is 30.3 Å². The number of aromatic nitrogens is 1. The van der Waals surface area contributed by atoms with Crippen molar-refractivity contribution in [2.24, 2.45) is 0 Å². The molecule has 4 heteroatoms. The Hall–Kier alpha value is -1.55. The van der Waals surface area contributed by atoms with Gasteiger partial charge >= 0.3 is 0 Å². The molecule has 0 bridgehead atoms. The standard InChI is InChI=1S/C18H23BrN2O/c1-14(2)21-13-16(19)12-17(21)18(22)20(3)11-7-10-15-8-5-4-6-9-15/h4-6,8-9,12-14H,7,10-11H2,1-3H3. The van der Waals surface area contributed by atoms with Gasteiger partial charge in [0.15, 0.2) is 0 Å². The molecule has 1 aromatic carbocycles. The maximum Gasteiger partial charge on any atom is 0.270 e. The van der Waals surface area contributed by atoms with Crippen molar-refractivity contribution in [1.82, 2.24) is 9.47 Å². The number of rotatable bonds is 6. The summed E-state index contributed by atoms with van der Waals surface area (Å²) in [5, 5.41) is 0. The van der Waals surface area contributed by atoms with Crippen LogP contribution in [0.25, 0.3) is 0 Å². The summed E-state index contributed by atoms with van der Waals surface area (Å²) in [7, 11) is 1.87. The van der Waals surface area contributed by atoms with Crippen LogP contribution in [0.3, 0.4) is 0 Å². The number of carbonyl (C=O) groups excluding carboxylic acids is 1. The van der Waals surface area contributed by atoms with Crippen molar-refractivity contribution < 1.29 is 4.79 Å². The SMILES string of the molecule is CC(C)n1cc(Br)cc1C(=O)N(C)CCCc1ccccc1. The Kier molecular flexibility index (Phi) is 5.83. The van der Waals surface area contributed by atoms with Crippen molar-refractivity contribution in [2.75, 3.05) is 13.6 Å². The van der Waals surface area contributed by atoms with Crippen LogP contribution < -0.4 is 0 Å². The predicted molar refractivity (Wildman–Crippen MR) is 94.2 cm³/mol. The first-order valence-corrected chi connectivity index (χ1v) is 8.45. The molecule has 0 saturated carbocycles. The van der Waals surface area contributed by atoms with Gasteiger partial charge in [-0.05, 0) is 54.2 Å². The van der Waals surface area contributed by atoms with Crippen LogP contribution >= 0.6 is 15.9 Å². The van der Waals surface area contributed by atoms with E-state index in [4.69, 9.17) is 0 Å². The quantitative estimate of drug-likeness (QED) is 0.740. The third kappa shape index (κ3) is 4.23. The van der Waals surface area contributed by atoms with Gasteiger partial charge in [0.25, 0.3) is 5.91 Å². The van der Waals surface area contributed by atoms with Crippen LogP contribution in [0.4, 0.5) is 0 Å². The minimum Gasteiger partial charge on any atom is -0.340 e. The lowest BCUT2D eigenvalue weighted by Crippen LogP contribution is -2.30. The van der Waals surface area contributed by atoms with Crippen molar-refractivity contribution in [2.45, 2.75) is 32.7 Å². The molecule has 3 nitrogen and oxygen atoms in total. The van der Waals surface area contributed by atoms with E-state index in [1.807, 2.05) is 34.8 Å². The van der Waals surface area contributed by atoms with Crippen LogP contribution in [0.5, 0.6) is 0 Å². The third-order valence-electron chi connectivity index (χ3n) is 3.74. The second-order valence-electron chi connectivity index (χ2n) is 5.86. The molecule has 22 heavy (non-hydrogen) atoms. The smallest absolute Gasteiger partial charge is 0.270 e. The van der Waals surface area contributed by atoms with Gasteiger partial charge in [0.1, 0.15) is 5.69 Å². The lowest BCUT2D eigenvalue weighted by atomic mass is 10.1. The van der Waals surface area contributed by atoms with E-state index in [-0.39, 0.29) is 11.9 Å². The zero-order valence-electron chi connectivity index (χ0n) is 13.4. The number of benzene rings is 1. The average Bonchev–Trinajstić information content (AvgIpc) is 2.89. The Bertz CT molecular complexity index is 619. The van der Waals surface area contributed by atoms with Gasteiger partial charge in [-0.1, -0.05) is 30.3 Å². The summed E-state index contributed by atoms with van der Waals surface area (Å²) in [5.41, 5.74) is 2.06. The summed E-state index contributed by atoms with van der Waals surface area (Å²) in [6.07, 6.45) is 3.93. The summed E-state index contributed by atoms with van der Waals surface area (Å²) in [4.78, 5) is 14.4. The Morgan fingerprint density at radius 1 is 1.27 bits per heavy atom. The number of carbonyl (C=O) groups is 1. The lowest BCUT2D eigenvalue weighted by molar-refractivity contribution is 0.0781. The van der Waals surface area contributed by atoms with Gasteiger partial charge in [-0.2, -0.15) is 0 Å². The highest BCUT2D eigenvalue weighted by atomic mass is 79.9. The van der Waals surface area contributed by atoms with Crippen molar-refractivity contribution in [3.05, 3.63) is 58.3 Å². The van der Waals surface area contributed by atoms with E-state index in [2.05, 4.69) is 54.0 Å². The summed E-state index contributed by atoms with van der Waals surface area (Å²) < 4.78 is 2.96. The normalized spacial score (nSPS) is 11.0. The van der Waals surface area contributed by atoms with Crippen LogP contribution in [0, 0.1) is 0 Å². The van der Waals surface area contributed by atoms with E-state index in [1.165, 1.54) is 5.56 Å². The van der Waals surface area contributed by atoms with E-state index in [1.54, 1.807) is 0 Å². The van der Waals surface area contributed by atoms with Gasteiger partial charge in [0.05, 0.1) is 0 Å². The lowest BCUT2D eigenvalue weighted by Gasteiger charge is -2.19. The molecule has 1 heterocycles. The van der Waals surface area contributed by atoms with Gasteiger partial charge in [0.2, 0.25) is 0 Å². The molecule has 118 valence electrons. The molecule has 0 aliphatic rings. The Balaban J connectivity index is 1.95. The topological polar surface area (TPSA) is 25.2 Å². The molecule has 0 aliphatic carbocycles. The average molecular weight is 363 g/mol. The zero-order valence-corrected chi connectivity index (χ0v) is 15.0. The Morgan fingerprint density at radius 2 is 1.95 bits per heavy atom. The number of hydrogen-bond donors (Lipinski definition) is 0. The molecule has 0 aliphatic heterocycles. The zero-order chi connectivity index (χ0) is 16.1. The van der Waals surface area contributed by atoms with Crippen LogP contribution in [0.15, 0.2) is 47.1 Å².